The summed E-state index contributed by atoms with van der Waals surface area (Å²) in [5.41, 5.74) is 0.677. The van der Waals surface area contributed by atoms with Crippen molar-refractivity contribution in [3.05, 3.63) is 57.0 Å². The highest BCUT2D eigenvalue weighted by Crippen LogP contribution is 2.33. The molecule has 0 aliphatic carbocycles. The molecule has 2 N–H and O–H groups in total. The van der Waals surface area contributed by atoms with E-state index in [-0.39, 0.29) is 22.5 Å². The number of nitrogens with zero attached hydrogens (tertiary/aromatic N) is 4. The Morgan fingerprint density at radius 2 is 2.14 bits per heavy atom. The highest BCUT2D eigenvalue weighted by atomic mass is 32.2. The van der Waals surface area contributed by atoms with Gasteiger partial charge in [-0.05, 0) is 41.6 Å². The molecule has 4 rings (SSSR count). The van der Waals surface area contributed by atoms with Gasteiger partial charge in [-0.1, -0.05) is 23.5 Å². The van der Waals surface area contributed by atoms with E-state index in [0.29, 0.717) is 20.6 Å². The quantitative estimate of drug-likeness (QED) is 0.375. The minimum absolute atomic E-state index is 0.103. The van der Waals surface area contributed by atoms with Crippen LogP contribution in [0.5, 0.6) is 5.75 Å². The van der Waals surface area contributed by atoms with E-state index in [4.69, 9.17) is 4.42 Å². The Morgan fingerprint density at radius 1 is 1.29 bits per heavy atom. The average Bonchev–Trinajstić information content (AvgIpc) is 3.36. The summed E-state index contributed by atoms with van der Waals surface area (Å²) in [5.74, 6) is -0.397. The van der Waals surface area contributed by atoms with Gasteiger partial charge in [-0.25, -0.2) is 0 Å². The monoisotopic (exact) mass is 415 g/mol. The Labute approximate surface area is 164 Å². The number of amides is 1. The standard InChI is InChI=1S/C16H9N5O5S2/c22-9-3-1-2-8(6-9)7-11-13(23)17-15(27-11)18-16-20-19-14(28-16)10-4-5-12(26-10)21(24)25/h1-7,22H,(H,17,18,20,23). The van der Waals surface area contributed by atoms with Crippen molar-refractivity contribution in [1.82, 2.24) is 15.5 Å². The number of carbonyl (C=O) groups excluding carboxylic acids is 1. The third kappa shape index (κ3) is 3.77. The number of rotatable bonds is 4. The number of hydrogen-bond donors (Lipinski definition) is 2. The van der Waals surface area contributed by atoms with Gasteiger partial charge in [-0.15, -0.1) is 10.2 Å². The summed E-state index contributed by atoms with van der Waals surface area (Å²) in [6.07, 6.45) is 1.63. The maximum atomic E-state index is 12.1. The number of phenolic OH excluding ortho intramolecular Hbond substituents is 1. The second kappa shape index (κ2) is 7.25. The first-order valence-electron chi connectivity index (χ1n) is 7.65. The number of phenols is 1. The number of nitrogens with one attached hydrogen (secondary N) is 1. The number of aromatic hydroxyl groups is 1. The van der Waals surface area contributed by atoms with Crippen LogP contribution in [0.2, 0.25) is 0 Å². The lowest BCUT2D eigenvalue weighted by Crippen LogP contribution is -2.19. The molecular weight excluding hydrogens is 406 g/mol. The molecular formula is C16H9N5O5S2. The average molecular weight is 415 g/mol. The van der Waals surface area contributed by atoms with E-state index in [2.05, 4.69) is 20.5 Å². The largest absolute Gasteiger partial charge is 0.508 e. The lowest BCUT2D eigenvalue weighted by Gasteiger charge is -1.95. The topological polar surface area (TPSA) is 144 Å². The first-order valence-corrected chi connectivity index (χ1v) is 9.28. The molecule has 28 heavy (non-hydrogen) atoms. The van der Waals surface area contributed by atoms with Crippen LogP contribution in [-0.2, 0) is 4.79 Å². The van der Waals surface area contributed by atoms with Crippen molar-refractivity contribution in [2.75, 3.05) is 0 Å². The van der Waals surface area contributed by atoms with Crippen LogP contribution in [0.15, 0.2) is 50.7 Å². The number of furan rings is 1. The highest BCUT2D eigenvalue weighted by molar-refractivity contribution is 8.18. The fourth-order valence-corrected chi connectivity index (χ4v) is 3.80. The summed E-state index contributed by atoms with van der Waals surface area (Å²) in [6, 6.07) is 9.17. The fourth-order valence-electron chi connectivity index (χ4n) is 2.23. The van der Waals surface area contributed by atoms with E-state index in [0.717, 1.165) is 23.1 Å². The summed E-state index contributed by atoms with van der Waals surface area (Å²) in [4.78, 5) is 26.8. The van der Waals surface area contributed by atoms with Crippen molar-refractivity contribution in [2.24, 2.45) is 4.99 Å². The maximum absolute atomic E-state index is 12.1. The van der Waals surface area contributed by atoms with E-state index in [1.165, 1.54) is 24.3 Å². The molecule has 3 heterocycles. The van der Waals surface area contributed by atoms with Crippen LogP contribution in [-0.4, -0.2) is 31.3 Å². The Morgan fingerprint density at radius 3 is 2.89 bits per heavy atom. The van der Waals surface area contributed by atoms with Gasteiger partial charge >= 0.3 is 5.88 Å². The zero-order valence-electron chi connectivity index (χ0n) is 13.7. The van der Waals surface area contributed by atoms with Crippen LogP contribution in [0.3, 0.4) is 0 Å². The van der Waals surface area contributed by atoms with Crippen LogP contribution in [0, 0.1) is 10.1 Å². The summed E-state index contributed by atoms with van der Waals surface area (Å²) < 4.78 is 5.08. The van der Waals surface area contributed by atoms with Crippen molar-refractivity contribution in [2.45, 2.75) is 0 Å². The Bertz CT molecular complexity index is 1150. The van der Waals surface area contributed by atoms with Gasteiger partial charge in [0.2, 0.25) is 5.13 Å². The number of nitro groups is 1. The highest BCUT2D eigenvalue weighted by Gasteiger charge is 2.24. The van der Waals surface area contributed by atoms with Gasteiger partial charge in [-0.2, -0.15) is 4.99 Å². The number of thioether (sulfide) groups is 1. The lowest BCUT2D eigenvalue weighted by molar-refractivity contribution is -0.401. The number of benzene rings is 1. The molecule has 0 radical (unpaired) electrons. The third-order valence-electron chi connectivity index (χ3n) is 3.41. The van der Waals surface area contributed by atoms with Crippen molar-refractivity contribution in [1.29, 1.82) is 0 Å². The molecule has 10 nitrogen and oxygen atoms in total. The molecule has 0 unspecified atom stereocenters. The van der Waals surface area contributed by atoms with Crippen LogP contribution >= 0.6 is 23.1 Å². The first kappa shape index (κ1) is 17.9. The molecule has 12 heteroatoms. The third-order valence-corrected chi connectivity index (χ3v) is 5.15. The molecule has 0 saturated carbocycles. The van der Waals surface area contributed by atoms with E-state index in [9.17, 15) is 20.0 Å². The molecule has 140 valence electrons. The van der Waals surface area contributed by atoms with Crippen molar-refractivity contribution >= 4 is 51.3 Å². The van der Waals surface area contributed by atoms with Gasteiger partial charge in [0.1, 0.15) is 10.7 Å². The van der Waals surface area contributed by atoms with Crippen molar-refractivity contribution in [3.8, 4) is 16.5 Å². The molecule has 0 atom stereocenters. The molecule has 2 aromatic heterocycles. The van der Waals surface area contributed by atoms with Gasteiger partial charge in [0.15, 0.2) is 15.9 Å². The van der Waals surface area contributed by atoms with Gasteiger partial charge < -0.3 is 14.8 Å². The molecule has 0 bridgehead atoms. The number of aliphatic imine (C=N–C) groups is 1. The second-order valence-electron chi connectivity index (χ2n) is 5.36. The number of hydrogen-bond acceptors (Lipinski definition) is 10. The minimum atomic E-state index is -0.642. The summed E-state index contributed by atoms with van der Waals surface area (Å²) in [6.45, 7) is 0. The SMILES string of the molecule is O=C1NC(=Nc2nnc(-c3ccc([N+](=O)[O-])o3)s2)SC1=Cc1cccc(O)c1. The van der Waals surface area contributed by atoms with Crippen LogP contribution in [0.25, 0.3) is 16.8 Å². The zero-order chi connectivity index (χ0) is 19.7. The molecule has 1 saturated heterocycles. The lowest BCUT2D eigenvalue weighted by atomic mass is 10.2. The first-order chi connectivity index (χ1) is 13.5. The minimum Gasteiger partial charge on any atom is -0.508 e. The van der Waals surface area contributed by atoms with Crippen LogP contribution < -0.4 is 5.32 Å². The van der Waals surface area contributed by atoms with E-state index in [1.54, 1.807) is 18.2 Å². The molecule has 1 aromatic carbocycles. The molecule has 0 spiro atoms. The molecule has 1 fully saturated rings. The summed E-state index contributed by atoms with van der Waals surface area (Å²) >= 11 is 2.19. The Hall–Kier alpha value is -3.51. The smallest absolute Gasteiger partial charge is 0.433 e. The predicted molar refractivity (Wildman–Crippen MR) is 103 cm³/mol. The summed E-state index contributed by atoms with van der Waals surface area (Å²) in [7, 11) is 0. The van der Waals surface area contributed by atoms with Crippen LogP contribution in [0.1, 0.15) is 5.56 Å². The Kier molecular flexibility index (Phi) is 4.63. The van der Waals surface area contributed by atoms with E-state index >= 15 is 0 Å². The van der Waals surface area contributed by atoms with Crippen LogP contribution in [0.4, 0.5) is 11.0 Å². The van der Waals surface area contributed by atoms with Gasteiger partial charge in [0.05, 0.1) is 11.0 Å². The Balaban J connectivity index is 1.53. The van der Waals surface area contributed by atoms with Gasteiger partial charge in [0.25, 0.3) is 5.91 Å². The van der Waals surface area contributed by atoms with E-state index < -0.39 is 10.8 Å². The number of aromatic nitrogens is 2. The molecule has 1 aliphatic rings. The predicted octanol–water partition coefficient (Wildman–Crippen LogP) is 3.30. The molecule has 1 aliphatic heterocycles. The fraction of sp³-hybridized carbons (Fsp3) is 0. The normalized spacial score (nSPS) is 16.6. The summed E-state index contributed by atoms with van der Waals surface area (Å²) in [5, 5.41) is 31.5. The van der Waals surface area contributed by atoms with Gasteiger partial charge in [-0.3, -0.25) is 14.9 Å². The molecule has 3 aromatic rings. The van der Waals surface area contributed by atoms with Gasteiger partial charge in [0, 0.05) is 0 Å². The van der Waals surface area contributed by atoms with Crippen molar-refractivity contribution < 1.29 is 19.2 Å². The van der Waals surface area contributed by atoms with Crippen molar-refractivity contribution in [3.63, 3.8) is 0 Å². The maximum Gasteiger partial charge on any atom is 0.433 e. The van der Waals surface area contributed by atoms with E-state index in [1.807, 2.05) is 0 Å². The number of amidine groups is 1. The second-order valence-corrected chi connectivity index (χ2v) is 7.35. The zero-order valence-corrected chi connectivity index (χ0v) is 15.4. The molecule has 1 amide bonds. The number of carbonyl (C=O) groups is 1.